The quantitative estimate of drug-likeness (QED) is 0.672. The summed E-state index contributed by atoms with van der Waals surface area (Å²) in [7, 11) is 0. The van der Waals surface area contributed by atoms with Crippen molar-refractivity contribution in [2.75, 3.05) is 17.2 Å². The lowest BCUT2D eigenvalue weighted by Crippen LogP contribution is -2.08. The largest absolute Gasteiger partial charge is 0.370 e. The van der Waals surface area contributed by atoms with Gasteiger partial charge in [-0.1, -0.05) is 34.4 Å². The van der Waals surface area contributed by atoms with Gasteiger partial charge < -0.3 is 15.2 Å². The molecule has 3 rings (SSSR count). The van der Waals surface area contributed by atoms with E-state index in [0.29, 0.717) is 39.9 Å². The lowest BCUT2D eigenvalue weighted by molar-refractivity contribution is 0.400. The third-order valence-corrected chi connectivity index (χ3v) is 3.83. The first-order valence-corrected chi connectivity index (χ1v) is 8.07. The Morgan fingerprint density at radius 3 is 2.75 bits per heavy atom. The van der Waals surface area contributed by atoms with Crippen LogP contribution in [0, 0.1) is 6.92 Å². The van der Waals surface area contributed by atoms with Crippen molar-refractivity contribution in [1.29, 1.82) is 0 Å². The molecule has 0 bridgehead atoms. The molecule has 2 aromatic heterocycles. The molecule has 0 atom stereocenters. The van der Waals surface area contributed by atoms with E-state index in [0.717, 1.165) is 12.0 Å². The van der Waals surface area contributed by atoms with Crippen molar-refractivity contribution >= 4 is 40.8 Å². The molecule has 2 heterocycles. The Balaban J connectivity index is 1.58. The summed E-state index contributed by atoms with van der Waals surface area (Å²) in [5.41, 5.74) is 1.03. The predicted molar refractivity (Wildman–Crippen MR) is 95.2 cm³/mol. The Kier molecular flexibility index (Phi) is 5.17. The molecule has 0 saturated carbocycles. The average molecular weight is 364 g/mol. The van der Waals surface area contributed by atoms with Crippen LogP contribution in [0.5, 0.6) is 0 Å². The highest BCUT2D eigenvalue weighted by Gasteiger charge is 2.05. The normalized spacial score (nSPS) is 10.6. The van der Waals surface area contributed by atoms with E-state index in [2.05, 4.69) is 25.8 Å². The summed E-state index contributed by atoms with van der Waals surface area (Å²) >= 11 is 12.1. The Morgan fingerprint density at radius 2 is 2.00 bits per heavy atom. The number of nitrogens with zero attached hydrogens (tertiary/aromatic N) is 3. The van der Waals surface area contributed by atoms with E-state index in [9.17, 15) is 0 Å². The van der Waals surface area contributed by atoms with Crippen LogP contribution >= 0.6 is 23.2 Å². The average Bonchev–Trinajstić information content (AvgIpc) is 2.95. The van der Waals surface area contributed by atoms with Gasteiger partial charge in [-0.15, -0.1) is 0 Å². The summed E-state index contributed by atoms with van der Waals surface area (Å²) in [4.78, 5) is 8.53. The monoisotopic (exact) mass is 363 g/mol. The van der Waals surface area contributed by atoms with Crippen LogP contribution in [0.2, 0.25) is 10.0 Å². The fraction of sp³-hybridized carbons (Fsp3) is 0.188. The molecule has 0 aliphatic carbocycles. The second kappa shape index (κ2) is 7.51. The first-order valence-electron chi connectivity index (χ1n) is 7.31. The van der Waals surface area contributed by atoms with Gasteiger partial charge in [-0.3, -0.25) is 0 Å². The van der Waals surface area contributed by atoms with Crippen LogP contribution in [0.4, 0.5) is 17.6 Å². The number of anilines is 3. The zero-order valence-corrected chi connectivity index (χ0v) is 14.4. The number of halogens is 2. The molecule has 0 aliphatic rings. The third-order valence-electron chi connectivity index (χ3n) is 3.24. The summed E-state index contributed by atoms with van der Waals surface area (Å²) in [6.45, 7) is 2.50. The Morgan fingerprint density at radius 1 is 1.12 bits per heavy atom. The first-order chi connectivity index (χ1) is 11.6. The fourth-order valence-electron chi connectivity index (χ4n) is 2.11. The van der Waals surface area contributed by atoms with Gasteiger partial charge in [-0.2, -0.15) is 4.98 Å². The molecule has 124 valence electrons. The highest BCUT2D eigenvalue weighted by atomic mass is 35.5. The van der Waals surface area contributed by atoms with Crippen LogP contribution in [0.15, 0.2) is 41.1 Å². The maximum absolute atomic E-state index is 6.17. The van der Waals surface area contributed by atoms with Crippen molar-refractivity contribution in [1.82, 2.24) is 15.1 Å². The molecule has 3 aromatic rings. The Hall–Kier alpha value is -2.31. The fourth-order valence-corrected chi connectivity index (χ4v) is 2.61. The lowest BCUT2D eigenvalue weighted by Gasteiger charge is -2.08. The van der Waals surface area contributed by atoms with E-state index in [1.54, 1.807) is 24.4 Å². The third kappa shape index (κ3) is 4.37. The number of hydrogen-bond donors (Lipinski definition) is 2. The Bertz CT molecular complexity index is 837. The van der Waals surface area contributed by atoms with Crippen LogP contribution in [0.3, 0.4) is 0 Å². The molecule has 0 radical (unpaired) electrons. The van der Waals surface area contributed by atoms with E-state index in [-0.39, 0.29) is 0 Å². The van der Waals surface area contributed by atoms with E-state index < -0.39 is 0 Å². The molecule has 6 nitrogen and oxygen atoms in total. The van der Waals surface area contributed by atoms with Crippen molar-refractivity contribution < 1.29 is 4.52 Å². The maximum atomic E-state index is 6.17. The van der Waals surface area contributed by atoms with Gasteiger partial charge in [0.15, 0.2) is 5.82 Å². The molecular formula is C16H15Cl2N5O. The smallest absolute Gasteiger partial charge is 0.230 e. The molecule has 0 fully saturated rings. The first kappa shape index (κ1) is 16.5. The molecule has 0 aliphatic heterocycles. The molecule has 24 heavy (non-hydrogen) atoms. The molecule has 0 saturated heterocycles. The van der Waals surface area contributed by atoms with Crippen molar-refractivity contribution in [3.05, 3.63) is 57.9 Å². The van der Waals surface area contributed by atoms with E-state index in [4.69, 9.17) is 27.7 Å². The number of benzene rings is 1. The number of aryl methyl sites for hydroxylation is 1. The van der Waals surface area contributed by atoms with Crippen molar-refractivity contribution in [3.8, 4) is 0 Å². The number of aromatic nitrogens is 3. The van der Waals surface area contributed by atoms with Crippen LogP contribution in [-0.2, 0) is 6.42 Å². The summed E-state index contributed by atoms with van der Waals surface area (Å²) in [5.74, 6) is 2.43. The van der Waals surface area contributed by atoms with Crippen molar-refractivity contribution in [2.24, 2.45) is 0 Å². The second-order valence-electron chi connectivity index (χ2n) is 5.13. The maximum Gasteiger partial charge on any atom is 0.230 e. The zero-order chi connectivity index (χ0) is 16.9. The molecule has 0 amide bonds. The van der Waals surface area contributed by atoms with Gasteiger partial charge in [0.1, 0.15) is 11.6 Å². The van der Waals surface area contributed by atoms with Gasteiger partial charge in [0.2, 0.25) is 5.95 Å². The molecule has 8 heteroatoms. The SMILES string of the molecule is Cc1cc(Nc2nccc(NCCc3ccc(Cl)cc3Cl)n2)no1. The summed E-state index contributed by atoms with van der Waals surface area (Å²) in [6.07, 6.45) is 2.42. The number of hydrogen-bond acceptors (Lipinski definition) is 6. The molecule has 1 aromatic carbocycles. The Labute approximate surface area is 149 Å². The zero-order valence-electron chi connectivity index (χ0n) is 12.9. The molecular weight excluding hydrogens is 349 g/mol. The van der Waals surface area contributed by atoms with Gasteiger partial charge in [0, 0.05) is 28.9 Å². The topological polar surface area (TPSA) is 75.9 Å². The van der Waals surface area contributed by atoms with E-state index in [1.807, 2.05) is 19.1 Å². The van der Waals surface area contributed by atoms with Crippen LogP contribution in [0.25, 0.3) is 0 Å². The van der Waals surface area contributed by atoms with Crippen LogP contribution in [-0.4, -0.2) is 21.7 Å². The number of nitrogens with one attached hydrogen (secondary N) is 2. The minimum Gasteiger partial charge on any atom is -0.370 e. The van der Waals surface area contributed by atoms with Crippen LogP contribution < -0.4 is 10.6 Å². The molecule has 0 unspecified atom stereocenters. The van der Waals surface area contributed by atoms with Gasteiger partial charge in [-0.05, 0) is 37.1 Å². The minimum atomic E-state index is 0.442. The van der Waals surface area contributed by atoms with Gasteiger partial charge in [0.25, 0.3) is 0 Å². The van der Waals surface area contributed by atoms with Gasteiger partial charge in [-0.25, -0.2) is 4.98 Å². The van der Waals surface area contributed by atoms with Gasteiger partial charge >= 0.3 is 0 Å². The van der Waals surface area contributed by atoms with Crippen molar-refractivity contribution in [3.63, 3.8) is 0 Å². The van der Waals surface area contributed by atoms with Crippen LogP contribution in [0.1, 0.15) is 11.3 Å². The summed E-state index contributed by atoms with van der Waals surface area (Å²) in [5, 5.41) is 11.4. The van der Waals surface area contributed by atoms with Crippen molar-refractivity contribution in [2.45, 2.75) is 13.3 Å². The highest BCUT2D eigenvalue weighted by Crippen LogP contribution is 2.21. The number of rotatable bonds is 6. The summed E-state index contributed by atoms with van der Waals surface area (Å²) in [6, 6.07) is 9.06. The van der Waals surface area contributed by atoms with E-state index in [1.165, 1.54) is 0 Å². The predicted octanol–water partition coefficient (Wildman–Crippen LogP) is 4.48. The highest BCUT2D eigenvalue weighted by molar-refractivity contribution is 6.35. The molecule has 0 spiro atoms. The molecule has 2 N–H and O–H groups in total. The standard InChI is InChI=1S/C16H15Cl2N5O/c1-10-8-15(23-24-10)22-16-20-7-5-14(21-16)19-6-4-11-2-3-12(17)9-13(11)18/h2-3,5,7-9H,4,6H2,1H3,(H2,19,20,21,22,23). The van der Waals surface area contributed by atoms with E-state index >= 15 is 0 Å². The summed E-state index contributed by atoms with van der Waals surface area (Å²) < 4.78 is 4.99. The lowest BCUT2D eigenvalue weighted by atomic mass is 10.1. The second-order valence-corrected chi connectivity index (χ2v) is 5.97. The van der Waals surface area contributed by atoms with Gasteiger partial charge in [0.05, 0.1) is 0 Å². The minimum absolute atomic E-state index is 0.442.